The van der Waals surface area contributed by atoms with Crippen molar-refractivity contribution in [1.82, 2.24) is 0 Å². The average Bonchev–Trinajstić information content (AvgIpc) is 1.51. The third-order valence-corrected chi connectivity index (χ3v) is 28.6. The van der Waals surface area contributed by atoms with Gasteiger partial charge in [0.15, 0.2) is 8.07 Å². The minimum absolute atomic E-state index is 0.0920. The van der Waals surface area contributed by atoms with E-state index in [0.29, 0.717) is 5.02 Å². The Morgan fingerprint density at radius 3 is 1.13 bits per heavy atom. The first kappa shape index (κ1) is 62.9. The van der Waals surface area contributed by atoms with Crippen LogP contribution in [0.5, 0.6) is 11.5 Å². The predicted molar refractivity (Wildman–Crippen MR) is 440 cm³/mol. The van der Waals surface area contributed by atoms with Gasteiger partial charge in [0.25, 0.3) is 0 Å². The second-order valence-electron chi connectivity index (χ2n) is 31.1. The lowest BCUT2D eigenvalue weighted by Crippen LogP contribution is -2.76. The molecule has 4 aliphatic carbocycles. The summed E-state index contributed by atoms with van der Waals surface area (Å²) in [6.07, 6.45) is 0. The van der Waals surface area contributed by atoms with Gasteiger partial charge < -0.3 is 14.5 Å². The molecule has 5 heteroatoms. The quantitative estimate of drug-likeness (QED) is 0.134. The number of anilines is 6. The van der Waals surface area contributed by atoms with Crippen LogP contribution in [0.25, 0.3) is 55.6 Å². The molecule has 0 saturated heterocycles. The van der Waals surface area contributed by atoms with Gasteiger partial charge in [-0.1, -0.05) is 338 Å². The Morgan fingerprint density at radius 2 is 0.667 bits per heavy atom. The van der Waals surface area contributed by atoms with Crippen molar-refractivity contribution < 1.29 is 4.74 Å². The molecule has 0 aromatic heterocycles. The third kappa shape index (κ3) is 9.03. The summed E-state index contributed by atoms with van der Waals surface area (Å²) in [6.45, 7) is 14.0. The maximum absolute atomic E-state index is 8.13. The van der Waals surface area contributed by atoms with Crippen LogP contribution in [0, 0.1) is 0 Å². The van der Waals surface area contributed by atoms with Crippen LogP contribution in [0.4, 0.5) is 34.1 Å². The highest BCUT2D eigenvalue weighted by molar-refractivity contribution is 7.20. The SMILES string of the molecule is CC(C)(C)c1cc(-c2cccc(N(c3cc(Cl)cc(N(c4ccc5c(c4)Oc4ccccc4[Si]5(c4ccccc4)c4ccccc4)c4cccc5c4-c4ccccc4C54c5ccccc5-c5ccccc54)c3)c3cccc4c3-c3ccccc3C43c4ccccc4-c4ccccc43)c2)cc(C(C)(C)C)c1. The number of ether oxygens (including phenoxy) is 1. The van der Waals surface area contributed by atoms with Gasteiger partial charge in [-0.25, -0.2) is 0 Å². The lowest BCUT2D eigenvalue weighted by Gasteiger charge is -2.40. The number of nitrogens with zero attached hydrogens (tertiary/aromatic N) is 2. The van der Waals surface area contributed by atoms with Gasteiger partial charge >= 0.3 is 0 Å². The molecule has 1 heterocycles. The summed E-state index contributed by atoms with van der Waals surface area (Å²) >= 11 is 8.13. The molecule has 0 amide bonds. The van der Waals surface area contributed by atoms with E-state index in [0.717, 1.165) is 51.2 Å². The van der Waals surface area contributed by atoms with E-state index in [1.54, 1.807) is 0 Å². The number of halogens is 1. The summed E-state index contributed by atoms with van der Waals surface area (Å²) in [6, 6.07) is 130. The Kier molecular flexibility index (Phi) is 14.0. The molecule has 3 nitrogen and oxygen atoms in total. The molecule has 105 heavy (non-hydrogen) atoms. The predicted octanol–water partition coefficient (Wildman–Crippen LogP) is 23.7. The Balaban J connectivity index is 0.871. The van der Waals surface area contributed by atoms with Crippen molar-refractivity contribution in [3.63, 3.8) is 0 Å². The minimum Gasteiger partial charge on any atom is -0.457 e. The zero-order valence-electron chi connectivity index (χ0n) is 59.6. The van der Waals surface area contributed by atoms with Crippen molar-refractivity contribution in [2.45, 2.75) is 63.2 Å². The molecule has 0 bridgehead atoms. The van der Waals surface area contributed by atoms with Crippen LogP contribution in [-0.2, 0) is 21.7 Å². The first-order valence-corrected chi connectivity index (χ1v) is 39.2. The average molecular weight is 1380 g/mol. The largest absolute Gasteiger partial charge is 0.457 e. The standard InChI is InChI=1S/C100H75ClN2OSi/c1-97(2,3)66-56-65(57-67(59-66)98(4,5)6)64-30-27-31-69(58-64)102(89-50-28-48-87-95(89)79-40-17-23-46-85(79)99(87)81-42-19-13-36-75(81)76-37-14-20-43-82(76)99)71-60-68(101)61-72(62-71)103(70-54-55-94-92(63-70)104-91-52-25-26-53-93(91)105(94,73-32-9-7-10-33-73)74-34-11-8-12-35-74)90-51-29-49-88-96(90)80-41-18-24-47-86(80)100(88)83-44-21-15-38-77(83)78-39-16-22-45-84(78)100/h7-63H,1-6H3. The van der Waals surface area contributed by atoms with E-state index in [9.17, 15) is 0 Å². The van der Waals surface area contributed by atoms with Gasteiger partial charge in [0.1, 0.15) is 11.5 Å². The fourth-order valence-corrected chi connectivity index (χ4v) is 24.3. The molecule has 0 N–H and O–H groups in total. The highest BCUT2D eigenvalue weighted by atomic mass is 35.5. The van der Waals surface area contributed by atoms with Gasteiger partial charge in [-0.15, -0.1) is 0 Å². The zero-order chi connectivity index (χ0) is 70.7. The minimum atomic E-state index is -3.07. The normalized spacial score (nSPS) is 14.4. The fourth-order valence-electron chi connectivity index (χ4n) is 19.1. The summed E-state index contributed by atoms with van der Waals surface area (Å²) in [7, 11) is -3.07. The van der Waals surface area contributed by atoms with Crippen LogP contribution in [0.2, 0.25) is 5.02 Å². The van der Waals surface area contributed by atoms with Crippen molar-refractivity contribution in [3.8, 4) is 67.1 Å². The Bertz CT molecular complexity index is 5930. The molecule has 0 saturated carbocycles. The number of rotatable bonds is 9. The van der Waals surface area contributed by atoms with E-state index in [1.165, 1.54) is 126 Å². The lowest BCUT2D eigenvalue weighted by atomic mass is 9.70. The van der Waals surface area contributed by atoms with Gasteiger partial charge in [0.05, 0.1) is 22.2 Å². The van der Waals surface area contributed by atoms with Gasteiger partial charge in [-0.05, 0) is 186 Å². The molecule has 5 aliphatic rings. The van der Waals surface area contributed by atoms with E-state index in [4.69, 9.17) is 16.3 Å². The molecule has 15 aromatic carbocycles. The van der Waals surface area contributed by atoms with Crippen molar-refractivity contribution >= 4 is 74.5 Å². The molecule has 0 radical (unpaired) electrons. The maximum Gasteiger partial charge on any atom is 0.188 e. The molecule has 0 unspecified atom stereocenters. The van der Waals surface area contributed by atoms with E-state index in [2.05, 4.69) is 397 Å². The molecule has 0 atom stereocenters. The number of hydrogen-bond acceptors (Lipinski definition) is 3. The van der Waals surface area contributed by atoms with E-state index in [1.807, 2.05) is 0 Å². The monoisotopic (exact) mass is 1380 g/mol. The van der Waals surface area contributed by atoms with Gasteiger partial charge in [0.2, 0.25) is 0 Å². The highest BCUT2D eigenvalue weighted by Crippen LogP contribution is 2.67. The van der Waals surface area contributed by atoms with Crippen molar-refractivity contribution in [2.24, 2.45) is 0 Å². The number of hydrogen-bond donors (Lipinski definition) is 0. The van der Waals surface area contributed by atoms with Crippen LogP contribution >= 0.6 is 11.6 Å². The van der Waals surface area contributed by atoms with Gasteiger partial charge in [-0.3, -0.25) is 0 Å². The molecular formula is C100H75ClN2OSi. The Labute approximate surface area is 621 Å². The molecule has 1 aliphatic heterocycles. The number of benzene rings is 15. The van der Waals surface area contributed by atoms with Crippen LogP contribution in [0.15, 0.2) is 346 Å². The van der Waals surface area contributed by atoms with Crippen molar-refractivity contribution in [3.05, 3.63) is 406 Å². The molecule has 502 valence electrons. The summed E-state index contributed by atoms with van der Waals surface area (Å²) in [5, 5.41) is 5.59. The zero-order valence-corrected chi connectivity index (χ0v) is 61.3. The van der Waals surface area contributed by atoms with Crippen LogP contribution in [0.1, 0.15) is 97.2 Å². The van der Waals surface area contributed by atoms with Crippen molar-refractivity contribution in [1.29, 1.82) is 0 Å². The molecule has 20 rings (SSSR count). The van der Waals surface area contributed by atoms with Crippen LogP contribution in [0.3, 0.4) is 0 Å². The third-order valence-electron chi connectivity index (χ3n) is 23.5. The van der Waals surface area contributed by atoms with E-state index in [-0.39, 0.29) is 10.8 Å². The van der Waals surface area contributed by atoms with E-state index < -0.39 is 18.9 Å². The first-order chi connectivity index (χ1) is 51.2. The smallest absolute Gasteiger partial charge is 0.188 e. The summed E-state index contributed by atoms with van der Waals surface area (Å²) in [5.74, 6) is 1.70. The first-order valence-electron chi connectivity index (χ1n) is 36.8. The summed E-state index contributed by atoms with van der Waals surface area (Å²) in [5.41, 5.74) is 29.3. The maximum atomic E-state index is 8.13. The fraction of sp³-hybridized carbons (Fsp3) is 0.100. The van der Waals surface area contributed by atoms with Gasteiger partial charge in [-0.2, -0.15) is 0 Å². The second-order valence-corrected chi connectivity index (χ2v) is 35.3. The van der Waals surface area contributed by atoms with Crippen LogP contribution in [-0.4, -0.2) is 8.07 Å². The lowest BCUT2D eigenvalue weighted by molar-refractivity contribution is 0.487. The van der Waals surface area contributed by atoms with Gasteiger partial charge in [0, 0.05) is 45.0 Å². The summed E-state index contributed by atoms with van der Waals surface area (Å²) in [4.78, 5) is 5.00. The van der Waals surface area contributed by atoms with Crippen LogP contribution < -0.4 is 35.3 Å². The molecule has 0 fully saturated rings. The highest BCUT2D eigenvalue weighted by Gasteiger charge is 2.55. The second kappa shape index (κ2) is 23.4. The number of para-hydroxylation sites is 1. The molecule has 15 aromatic rings. The Hall–Kier alpha value is -11.8. The number of fused-ring (bicyclic) bond motifs is 22. The van der Waals surface area contributed by atoms with E-state index >= 15 is 0 Å². The van der Waals surface area contributed by atoms with Crippen molar-refractivity contribution in [2.75, 3.05) is 9.80 Å². The molecular weight excluding hydrogens is 1310 g/mol. The molecule has 2 spiro atoms. The Morgan fingerprint density at radius 1 is 0.286 bits per heavy atom. The topological polar surface area (TPSA) is 15.7 Å². The summed E-state index contributed by atoms with van der Waals surface area (Å²) < 4.78 is 7.47.